The molecule has 0 aliphatic carbocycles. The number of carbonyl (C=O) groups is 2. The Hall–Kier alpha value is -4.06. The van der Waals surface area contributed by atoms with Gasteiger partial charge in [0, 0.05) is 12.1 Å². The first-order valence-electron chi connectivity index (χ1n) is 10.4. The molecule has 1 amide bonds. The first kappa shape index (κ1) is 19.9. The highest BCUT2D eigenvalue weighted by atomic mass is 16.7. The van der Waals surface area contributed by atoms with Gasteiger partial charge in [0.25, 0.3) is 11.7 Å². The number of fused-ring (bicyclic) bond motifs is 1. The molecule has 0 radical (unpaired) electrons. The fourth-order valence-electron chi connectivity index (χ4n) is 4.19. The summed E-state index contributed by atoms with van der Waals surface area (Å²) in [7, 11) is 0. The van der Waals surface area contributed by atoms with E-state index in [-0.39, 0.29) is 18.1 Å². The summed E-state index contributed by atoms with van der Waals surface area (Å²) in [5, 5.41) is 11.1. The van der Waals surface area contributed by atoms with Gasteiger partial charge in [-0.25, -0.2) is 0 Å². The van der Waals surface area contributed by atoms with Crippen molar-refractivity contribution in [2.24, 2.45) is 0 Å². The number of ether oxygens (including phenoxy) is 2. The second-order valence-corrected chi connectivity index (χ2v) is 7.71. The van der Waals surface area contributed by atoms with E-state index in [1.165, 1.54) is 4.90 Å². The van der Waals surface area contributed by atoms with Crippen LogP contribution in [0, 0.1) is 0 Å². The smallest absolute Gasteiger partial charge is 0.295 e. The van der Waals surface area contributed by atoms with Crippen LogP contribution >= 0.6 is 0 Å². The molecule has 5 rings (SSSR count). The summed E-state index contributed by atoms with van der Waals surface area (Å²) in [6, 6.07) is 23.2. The lowest BCUT2D eigenvalue weighted by Gasteiger charge is -2.25. The molecule has 1 fully saturated rings. The molecule has 6 heteroatoms. The molecule has 0 bridgehead atoms. The van der Waals surface area contributed by atoms with Gasteiger partial charge in [-0.05, 0) is 29.7 Å². The number of amides is 1. The van der Waals surface area contributed by atoms with E-state index in [0.717, 1.165) is 5.56 Å². The van der Waals surface area contributed by atoms with Crippen molar-refractivity contribution in [1.82, 2.24) is 4.90 Å². The second-order valence-electron chi connectivity index (χ2n) is 7.71. The molecule has 1 N–H and O–H groups in total. The van der Waals surface area contributed by atoms with Crippen LogP contribution in [0.15, 0.2) is 84.4 Å². The SMILES string of the molecule is O=C1C(=O)N(CCc2ccccc2)C(c2ccc3c(c2)OCO3)/C1=C(/O)c1ccccc1. The molecule has 3 aromatic rings. The predicted octanol–water partition coefficient (Wildman–Crippen LogP) is 4.08. The topological polar surface area (TPSA) is 76.1 Å². The van der Waals surface area contributed by atoms with Gasteiger partial charge in [-0.2, -0.15) is 0 Å². The van der Waals surface area contributed by atoms with Crippen LogP contribution in [-0.4, -0.2) is 35.0 Å². The average molecular weight is 427 g/mol. The summed E-state index contributed by atoms with van der Waals surface area (Å²) in [4.78, 5) is 27.7. The van der Waals surface area contributed by atoms with Gasteiger partial charge in [-0.3, -0.25) is 9.59 Å². The van der Waals surface area contributed by atoms with Crippen LogP contribution in [0.4, 0.5) is 0 Å². The summed E-state index contributed by atoms with van der Waals surface area (Å²) >= 11 is 0. The highest BCUT2D eigenvalue weighted by Gasteiger charge is 2.46. The molecule has 0 saturated carbocycles. The van der Waals surface area contributed by atoms with Crippen molar-refractivity contribution in [3.8, 4) is 11.5 Å². The van der Waals surface area contributed by atoms with Crippen molar-refractivity contribution >= 4 is 17.4 Å². The Morgan fingerprint density at radius 1 is 0.906 bits per heavy atom. The van der Waals surface area contributed by atoms with E-state index >= 15 is 0 Å². The Morgan fingerprint density at radius 2 is 1.59 bits per heavy atom. The van der Waals surface area contributed by atoms with E-state index in [9.17, 15) is 14.7 Å². The Kier molecular flexibility index (Phi) is 5.11. The third-order valence-corrected chi connectivity index (χ3v) is 5.78. The number of Topliss-reactive ketones (excluding diaryl/α,β-unsaturated/α-hetero) is 1. The van der Waals surface area contributed by atoms with Gasteiger partial charge >= 0.3 is 0 Å². The summed E-state index contributed by atoms with van der Waals surface area (Å²) in [5.74, 6) is -0.342. The molecular weight excluding hydrogens is 406 g/mol. The number of nitrogens with zero attached hydrogens (tertiary/aromatic N) is 1. The first-order chi connectivity index (χ1) is 15.6. The molecule has 2 heterocycles. The van der Waals surface area contributed by atoms with Crippen molar-refractivity contribution in [2.45, 2.75) is 12.5 Å². The van der Waals surface area contributed by atoms with Crippen molar-refractivity contribution in [1.29, 1.82) is 0 Å². The number of rotatable bonds is 5. The molecule has 2 aliphatic heterocycles. The molecular formula is C26H21NO5. The monoisotopic (exact) mass is 427 g/mol. The summed E-state index contributed by atoms with van der Waals surface area (Å²) in [6.07, 6.45) is 0.584. The lowest BCUT2D eigenvalue weighted by molar-refractivity contribution is -0.139. The van der Waals surface area contributed by atoms with E-state index in [2.05, 4.69) is 0 Å². The van der Waals surface area contributed by atoms with E-state index in [1.54, 1.807) is 42.5 Å². The highest BCUT2D eigenvalue weighted by molar-refractivity contribution is 6.46. The van der Waals surface area contributed by atoms with Crippen molar-refractivity contribution in [3.05, 3.63) is 101 Å². The number of carbonyl (C=O) groups excluding carboxylic acids is 2. The lowest BCUT2D eigenvalue weighted by atomic mass is 9.95. The van der Waals surface area contributed by atoms with Gasteiger partial charge in [0.15, 0.2) is 11.5 Å². The normalized spacial score (nSPS) is 18.9. The maximum absolute atomic E-state index is 13.1. The van der Waals surface area contributed by atoms with Gasteiger partial charge < -0.3 is 19.5 Å². The molecule has 0 spiro atoms. The Labute approximate surface area is 185 Å². The van der Waals surface area contributed by atoms with E-state index in [0.29, 0.717) is 35.6 Å². The summed E-state index contributed by atoms with van der Waals surface area (Å²) < 4.78 is 10.9. The van der Waals surface area contributed by atoms with Gasteiger partial charge in [0.2, 0.25) is 6.79 Å². The molecule has 6 nitrogen and oxygen atoms in total. The van der Waals surface area contributed by atoms with E-state index in [4.69, 9.17) is 9.47 Å². The molecule has 160 valence electrons. The molecule has 1 saturated heterocycles. The zero-order chi connectivity index (χ0) is 22.1. The van der Waals surface area contributed by atoms with Crippen LogP contribution in [0.2, 0.25) is 0 Å². The minimum absolute atomic E-state index is 0.0770. The number of aliphatic hydroxyl groups is 1. The number of hydrogen-bond acceptors (Lipinski definition) is 5. The van der Waals surface area contributed by atoms with Gasteiger partial charge in [0.05, 0.1) is 11.6 Å². The van der Waals surface area contributed by atoms with E-state index in [1.807, 2.05) is 36.4 Å². The predicted molar refractivity (Wildman–Crippen MR) is 118 cm³/mol. The molecule has 0 aromatic heterocycles. The average Bonchev–Trinajstić information content (AvgIpc) is 3.40. The van der Waals surface area contributed by atoms with Gasteiger partial charge in [-0.1, -0.05) is 66.7 Å². The molecule has 1 unspecified atom stereocenters. The fourth-order valence-corrected chi connectivity index (χ4v) is 4.19. The summed E-state index contributed by atoms with van der Waals surface area (Å²) in [6.45, 7) is 0.455. The molecule has 32 heavy (non-hydrogen) atoms. The number of ketones is 1. The lowest BCUT2D eigenvalue weighted by Crippen LogP contribution is -2.31. The Balaban J connectivity index is 1.59. The van der Waals surface area contributed by atoms with E-state index < -0.39 is 17.7 Å². The van der Waals surface area contributed by atoms with Gasteiger partial charge in [-0.15, -0.1) is 0 Å². The van der Waals surface area contributed by atoms with Crippen LogP contribution < -0.4 is 9.47 Å². The zero-order valence-electron chi connectivity index (χ0n) is 17.2. The minimum atomic E-state index is -0.728. The molecule has 3 aromatic carbocycles. The van der Waals surface area contributed by atoms with Crippen LogP contribution in [0.25, 0.3) is 5.76 Å². The van der Waals surface area contributed by atoms with Crippen LogP contribution in [-0.2, 0) is 16.0 Å². The third-order valence-electron chi connectivity index (χ3n) is 5.78. The molecule has 2 aliphatic rings. The fraction of sp³-hybridized carbons (Fsp3) is 0.154. The van der Waals surface area contributed by atoms with Crippen LogP contribution in [0.1, 0.15) is 22.7 Å². The number of hydrogen-bond donors (Lipinski definition) is 1. The van der Waals surface area contributed by atoms with Crippen LogP contribution in [0.5, 0.6) is 11.5 Å². The largest absolute Gasteiger partial charge is 0.507 e. The Morgan fingerprint density at radius 3 is 2.34 bits per heavy atom. The second kappa shape index (κ2) is 8.23. The quantitative estimate of drug-likeness (QED) is 0.377. The molecule has 1 atom stereocenters. The maximum Gasteiger partial charge on any atom is 0.295 e. The summed E-state index contributed by atoms with van der Waals surface area (Å²) in [5.41, 5.74) is 2.30. The third kappa shape index (κ3) is 3.50. The Bertz CT molecular complexity index is 1200. The number of likely N-dealkylation sites (tertiary alicyclic amines) is 1. The van der Waals surface area contributed by atoms with Gasteiger partial charge in [0.1, 0.15) is 5.76 Å². The minimum Gasteiger partial charge on any atom is -0.507 e. The maximum atomic E-state index is 13.1. The van der Waals surface area contributed by atoms with Crippen LogP contribution in [0.3, 0.4) is 0 Å². The zero-order valence-corrected chi connectivity index (χ0v) is 17.2. The standard InChI is InChI=1S/C26H21NO5/c28-24(18-9-5-2-6-10-18)22-23(19-11-12-20-21(15-19)32-16-31-20)27(26(30)25(22)29)14-13-17-7-3-1-4-8-17/h1-12,15,23,28H,13-14,16H2/b24-22-. The number of benzene rings is 3. The van der Waals surface area contributed by atoms with Crippen molar-refractivity contribution in [3.63, 3.8) is 0 Å². The number of aliphatic hydroxyl groups excluding tert-OH is 1. The van der Waals surface area contributed by atoms with Crippen molar-refractivity contribution < 1.29 is 24.2 Å². The highest BCUT2D eigenvalue weighted by Crippen LogP contribution is 2.43. The van der Waals surface area contributed by atoms with Crippen molar-refractivity contribution in [2.75, 3.05) is 13.3 Å². The first-order valence-corrected chi connectivity index (χ1v) is 10.4.